The fourth-order valence-corrected chi connectivity index (χ4v) is 1.79. The van der Waals surface area contributed by atoms with E-state index in [4.69, 9.17) is 5.11 Å². The fraction of sp³-hybridized carbons (Fsp3) is 0.0714. The van der Waals surface area contributed by atoms with Crippen molar-refractivity contribution < 1.29 is 14.3 Å². The summed E-state index contributed by atoms with van der Waals surface area (Å²) in [6.45, 7) is 1.91. The minimum Gasteiger partial charge on any atom is -0.478 e. The first kappa shape index (κ1) is 11.3. The molecule has 2 nitrogen and oxygen atoms in total. The lowest BCUT2D eigenvalue weighted by Crippen LogP contribution is -2.03. The van der Waals surface area contributed by atoms with Crippen molar-refractivity contribution in [2.24, 2.45) is 0 Å². The Morgan fingerprint density at radius 3 is 2.53 bits per heavy atom. The van der Waals surface area contributed by atoms with Crippen LogP contribution < -0.4 is 0 Å². The van der Waals surface area contributed by atoms with E-state index in [0.717, 1.165) is 11.6 Å². The second kappa shape index (κ2) is 4.37. The van der Waals surface area contributed by atoms with E-state index in [-0.39, 0.29) is 5.56 Å². The predicted molar refractivity (Wildman–Crippen MR) is 63.5 cm³/mol. The molecule has 0 unspecified atom stereocenters. The van der Waals surface area contributed by atoms with E-state index in [9.17, 15) is 9.18 Å². The molecule has 0 radical (unpaired) electrons. The largest absolute Gasteiger partial charge is 0.478 e. The number of aromatic carboxylic acids is 1. The molecule has 0 atom stereocenters. The molecule has 17 heavy (non-hydrogen) atoms. The van der Waals surface area contributed by atoms with Crippen LogP contribution in [0.15, 0.2) is 42.5 Å². The average molecular weight is 230 g/mol. The number of aryl methyl sites for hydroxylation is 1. The summed E-state index contributed by atoms with van der Waals surface area (Å²) in [5, 5.41) is 9.04. The first-order valence-electron chi connectivity index (χ1n) is 5.18. The van der Waals surface area contributed by atoms with Gasteiger partial charge in [0.05, 0.1) is 0 Å². The van der Waals surface area contributed by atoms with Gasteiger partial charge in [-0.05, 0) is 24.1 Å². The highest BCUT2D eigenvalue weighted by Crippen LogP contribution is 2.26. The normalized spacial score (nSPS) is 10.2. The fourth-order valence-electron chi connectivity index (χ4n) is 1.79. The molecule has 2 rings (SSSR count). The zero-order valence-corrected chi connectivity index (χ0v) is 9.27. The summed E-state index contributed by atoms with van der Waals surface area (Å²) in [6.07, 6.45) is 0. The van der Waals surface area contributed by atoms with E-state index in [1.54, 1.807) is 12.1 Å². The molecule has 0 saturated carbocycles. The molecule has 86 valence electrons. The molecule has 0 aliphatic heterocycles. The number of benzene rings is 2. The van der Waals surface area contributed by atoms with Crippen LogP contribution in [-0.4, -0.2) is 11.1 Å². The van der Waals surface area contributed by atoms with Gasteiger partial charge < -0.3 is 5.11 Å². The molecule has 0 amide bonds. The maximum Gasteiger partial charge on any atom is 0.339 e. The van der Waals surface area contributed by atoms with Crippen molar-refractivity contribution in [3.05, 3.63) is 59.4 Å². The van der Waals surface area contributed by atoms with Crippen molar-refractivity contribution in [3.8, 4) is 11.1 Å². The highest BCUT2D eigenvalue weighted by Gasteiger charge is 2.16. The molecule has 0 spiro atoms. The van der Waals surface area contributed by atoms with Gasteiger partial charge in [-0.3, -0.25) is 0 Å². The maximum absolute atomic E-state index is 13.5. The van der Waals surface area contributed by atoms with E-state index in [2.05, 4.69) is 0 Å². The summed E-state index contributed by atoms with van der Waals surface area (Å²) in [6, 6.07) is 11.6. The highest BCUT2D eigenvalue weighted by atomic mass is 19.1. The van der Waals surface area contributed by atoms with Crippen molar-refractivity contribution in [2.75, 3.05) is 0 Å². The van der Waals surface area contributed by atoms with E-state index < -0.39 is 11.8 Å². The van der Waals surface area contributed by atoms with Gasteiger partial charge in [-0.2, -0.15) is 0 Å². The van der Waals surface area contributed by atoms with Crippen molar-refractivity contribution >= 4 is 5.97 Å². The molecule has 2 aromatic rings. The maximum atomic E-state index is 13.5. The number of rotatable bonds is 2. The minimum atomic E-state index is -1.25. The van der Waals surface area contributed by atoms with Gasteiger partial charge in [-0.1, -0.05) is 42.0 Å². The summed E-state index contributed by atoms with van der Waals surface area (Å²) in [5.41, 5.74) is 1.84. The van der Waals surface area contributed by atoms with Gasteiger partial charge in [0, 0.05) is 0 Å². The van der Waals surface area contributed by atoms with Crippen LogP contribution >= 0.6 is 0 Å². The Morgan fingerprint density at radius 1 is 1.18 bits per heavy atom. The Balaban J connectivity index is 2.67. The highest BCUT2D eigenvalue weighted by molar-refractivity contribution is 5.96. The van der Waals surface area contributed by atoms with Crippen LogP contribution in [0, 0.1) is 12.7 Å². The van der Waals surface area contributed by atoms with Crippen molar-refractivity contribution in [3.63, 3.8) is 0 Å². The zero-order chi connectivity index (χ0) is 12.4. The Kier molecular flexibility index (Phi) is 2.91. The minimum absolute atomic E-state index is 0.280. The summed E-state index contributed by atoms with van der Waals surface area (Å²) in [7, 11) is 0. The number of carboxylic acid groups (broad SMARTS) is 1. The van der Waals surface area contributed by atoms with E-state index >= 15 is 0 Å². The number of hydrogen-bond acceptors (Lipinski definition) is 1. The van der Waals surface area contributed by atoms with Crippen molar-refractivity contribution in [1.29, 1.82) is 0 Å². The van der Waals surface area contributed by atoms with Crippen LogP contribution in [-0.2, 0) is 0 Å². The lowest BCUT2D eigenvalue weighted by Gasteiger charge is -2.07. The molecular formula is C14H11FO2. The molecule has 0 fully saturated rings. The third kappa shape index (κ3) is 2.18. The van der Waals surface area contributed by atoms with Gasteiger partial charge in [-0.25, -0.2) is 9.18 Å². The third-order valence-electron chi connectivity index (χ3n) is 2.56. The predicted octanol–water partition coefficient (Wildman–Crippen LogP) is 3.50. The van der Waals surface area contributed by atoms with Crippen molar-refractivity contribution in [2.45, 2.75) is 6.92 Å². The lowest BCUT2D eigenvalue weighted by molar-refractivity contribution is 0.0693. The zero-order valence-electron chi connectivity index (χ0n) is 9.27. The van der Waals surface area contributed by atoms with Crippen LogP contribution in [0.25, 0.3) is 11.1 Å². The monoisotopic (exact) mass is 230 g/mol. The summed E-state index contributed by atoms with van der Waals surface area (Å²) in [4.78, 5) is 11.1. The van der Waals surface area contributed by atoms with Gasteiger partial charge >= 0.3 is 5.97 Å². The quantitative estimate of drug-likeness (QED) is 0.857. The summed E-state index contributed by atoms with van der Waals surface area (Å²) in [5.74, 6) is -1.96. The lowest BCUT2D eigenvalue weighted by atomic mass is 9.98. The SMILES string of the molecule is Cc1cccc(-c2cccc(F)c2C(=O)O)c1. The molecule has 1 N–H and O–H groups in total. The molecule has 3 heteroatoms. The first-order valence-corrected chi connectivity index (χ1v) is 5.18. The first-order chi connectivity index (χ1) is 8.09. The van der Waals surface area contributed by atoms with Gasteiger partial charge in [0.1, 0.15) is 11.4 Å². The van der Waals surface area contributed by atoms with Crippen LogP contribution in [0.5, 0.6) is 0 Å². The van der Waals surface area contributed by atoms with Crippen LogP contribution in [0.2, 0.25) is 0 Å². The van der Waals surface area contributed by atoms with E-state index in [1.165, 1.54) is 6.07 Å². The third-order valence-corrected chi connectivity index (χ3v) is 2.56. The standard InChI is InChI=1S/C14H11FO2/c1-9-4-2-5-10(8-9)11-6-3-7-12(15)13(11)14(16)17/h2-8H,1H3,(H,16,17). The summed E-state index contributed by atoms with van der Waals surface area (Å²) < 4.78 is 13.5. The molecule has 0 heterocycles. The van der Waals surface area contributed by atoms with Gasteiger partial charge in [0.15, 0.2) is 0 Å². The smallest absolute Gasteiger partial charge is 0.339 e. The van der Waals surface area contributed by atoms with Gasteiger partial charge in [0.2, 0.25) is 0 Å². The topological polar surface area (TPSA) is 37.3 Å². The van der Waals surface area contributed by atoms with Crippen LogP contribution in [0.4, 0.5) is 4.39 Å². The Bertz CT molecular complexity index is 576. The Labute approximate surface area is 98.3 Å². The second-order valence-electron chi connectivity index (χ2n) is 3.84. The van der Waals surface area contributed by atoms with Crippen molar-refractivity contribution in [1.82, 2.24) is 0 Å². The van der Waals surface area contributed by atoms with E-state index in [0.29, 0.717) is 11.1 Å². The molecule has 0 aromatic heterocycles. The van der Waals surface area contributed by atoms with Crippen LogP contribution in [0.1, 0.15) is 15.9 Å². The molecule has 0 aliphatic carbocycles. The average Bonchev–Trinajstić information content (AvgIpc) is 2.28. The van der Waals surface area contributed by atoms with E-state index in [1.807, 2.05) is 25.1 Å². The molecule has 2 aromatic carbocycles. The van der Waals surface area contributed by atoms with Gasteiger partial charge in [-0.15, -0.1) is 0 Å². The second-order valence-corrected chi connectivity index (χ2v) is 3.84. The summed E-state index contributed by atoms with van der Waals surface area (Å²) >= 11 is 0. The Morgan fingerprint density at radius 2 is 1.88 bits per heavy atom. The number of carbonyl (C=O) groups is 1. The van der Waals surface area contributed by atoms with Crippen LogP contribution in [0.3, 0.4) is 0 Å². The number of hydrogen-bond donors (Lipinski definition) is 1. The molecule has 0 saturated heterocycles. The number of carboxylic acids is 1. The molecule has 0 bridgehead atoms. The molecular weight excluding hydrogens is 219 g/mol. The number of halogens is 1. The molecule has 0 aliphatic rings. The Hall–Kier alpha value is -2.16. The van der Waals surface area contributed by atoms with Gasteiger partial charge in [0.25, 0.3) is 0 Å².